The van der Waals surface area contributed by atoms with Gasteiger partial charge in [-0.2, -0.15) is 4.31 Å². The molecule has 0 radical (unpaired) electrons. The van der Waals surface area contributed by atoms with Gasteiger partial charge in [-0.3, -0.25) is 0 Å². The van der Waals surface area contributed by atoms with Crippen LogP contribution in [0.3, 0.4) is 0 Å². The fraction of sp³-hybridized carbons (Fsp3) is 0.400. The van der Waals surface area contributed by atoms with Gasteiger partial charge in [-0.15, -0.1) is 0 Å². The van der Waals surface area contributed by atoms with E-state index < -0.39 is 15.8 Å². The summed E-state index contributed by atoms with van der Waals surface area (Å²) < 4.78 is 43.7. The SMILES string of the molecule is Nc1ccc(S(=O)(=O)N2CCCOC2)cc1F. The van der Waals surface area contributed by atoms with Gasteiger partial charge in [0.1, 0.15) is 12.5 Å². The molecule has 0 unspecified atom stereocenters. The number of halogens is 1. The summed E-state index contributed by atoms with van der Waals surface area (Å²) in [4.78, 5) is -0.102. The molecular formula is C10H13FN2O3S. The van der Waals surface area contributed by atoms with E-state index in [2.05, 4.69) is 0 Å². The summed E-state index contributed by atoms with van der Waals surface area (Å²) in [5.41, 5.74) is 5.23. The first-order valence-electron chi connectivity index (χ1n) is 5.15. The maximum atomic E-state index is 13.2. The molecule has 94 valence electrons. The van der Waals surface area contributed by atoms with Crippen molar-refractivity contribution in [2.24, 2.45) is 0 Å². The molecule has 17 heavy (non-hydrogen) atoms. The van der Waals surface area contributed by atoms with Crippen molar-refractivity contribution in [2.75, 3.05) is 25.6 Å². The van der Waals surface area contributed by atoms with Gasteiger partial charge in [-0.1, -0.05) is 0 Å². The lowest BCUT2D eigenvalue weighted by atomic mass is 10.3. The Bertz CT molecular complexity index is 512. The number of hydrogen-bond acceptors (Lipinski definition) is 4. The molecule has 0 aliphatic carbocycles. The molecule has 1 heterocycles. The second-order valence-corrected chi connectivity index (χ2v) is 5.69. The Balaban J connectivity index is 2.33. The summed E-state index contributed by atoms with van der Waals surface area (Å²) in [5.74, 6) is -0.732. The normalized spacial score (nSPS) is 18.2. The second kappa shape index (κ2) is 4.59. The molecule has 1 aliphatic rings. The number of ether oxygens (including phenoxy) is 1. The maximum Gasteiger partial charge on any atom is 0.245 e. The van der Waals surface area contributed by atoms with E-state index in [1.165, 1.54) is 16.4 Å². The minimum Gasteiger partial charge on any atom is -0.396 e. The van der Waals surface area contributed by atoms with Crippen LogP contribution >= 0.6 is 0 Å². The first kappa shape index (κ1) is 12.3. The highest BCUT2D eigenvalue weighted by atomic mass is 32.2. The van der Waals surface area contributed by atoms with E-state index in [9.17, 15) is 12.8 Å². The Kier molecular flexibility index (Phi) is 3.32. The van der Waals surface area contributed by atoms with E-state index in [-0.39, 0.29) is 17.3 Å². The molecular weight excluding hydrogens is 247 g/mol. The number of anilines is 1. The lowest BCUT2D eigenvalue weighted by Gasteiger charge is -2.25. The number of benzene rings is 1. The molecule has 2 rings (SSSR count). The van der Waals surface area contributed by atoms with Gasteiger partial charge in [0.05, 0.1) is 10.6 Å². The Morgan fingerprint density at radius 1 is 1.41 bits per heavy atom. The van der Waals surface area contributed by atoms with Crippen LogP contribution in [0.4, 0.5) is 10.1 Å². The molecule has 1 saturated heterocycles. The van der Waals surface area contributed by atoms with Crippen molar-refractivity contribution in [1.29, 1.82) is 0 Å². The number of nitrogens with two attached hydrogens (primary N) is 1. The third kappa shape index (κ3) is 2.41. The van der Waals surface area contributed by atoms with Crippen LogP contribution in [0.25, 0.3) is 0 Å². The molecule has 0 spiro atoms. The lowest BCUT2D eigenvalue weighted by molar-refractivity contribution is 0.0313. The van der Waals surface area contributed by atoms with E-state index in [0.29, 0.717) is 19.6 Å². The molecule has 0 bridgehead atoms. The molecule has 0 amide bonds. The Morgan fingerprint density at radius 2 is 2.18 bits per heavy atom. The van der Waals surface area contributed by atoms with Crippen LogP contribution in [0.1, 0.15) is 6.42 Å². The smallest absolute Gasteiger partial charge is 0.245 e. The van der Waals surface area contributed by atoms with Crippen molar-refractivity contribution < 1.29 is 17.5 Å². The lowest BCUT2D eigenvalue weighted by Crippen LogP contribution is -2.38. The van der Waals surface area contributed by atoms with Gasteiger partial charge in [0.15, 0.2) is 0 Å². The predicted octanol–water partition coefficient (Wildman–Crippen LogP) is 0.776. The van der Waals surface area contributed by atoms with Crippen LogP contribution < -0.4 is 5.73 Å². The highest BCUT2D eigenvalue weighted by Crippen LogP contribution is 2.21. The van der Waals surface area contributed by atoms with E-state index >= 15 is 0 Å². The monoisotopic (exact) mass is 260 g/mol. The minimum absolute atomic E-state index is 0.00826. The van der Waals surface area contributed by atoms with Gasteiger partial charge < -0.3 is 10.5 Å². The van der Waals surface area contributed by atoms with E-state index in [1.807, 2.05) is 0 Å². The largest absolute Gasteiger partial charge is 0.396 e. The zero-order chi connectivity index (χ0) is 12.5. The molecule has 0 saturated carbocycles. The van der Waals surface area contributed by atoms with Crippen molar-refractivity contribution in [1.82, 2.24) is 4.31 Å². The minimum atomic E-state index is -3.69. The Hall–Kier alpha value is -1.18. The summed E-state index contributed by atoms with van der Waals surface area (Å²) in [5, 5.41) is 0. The molecule has 2 N–H and O–H groups in total. The van der Waals surface area contributed by atoms with Crippen LogP contribution in [0.15, 0.2) is 23.1 Å². The van der Waals surface area contributed by atoms with Gasteiger partial charge in [-0.25, -0.2) is 12.8 Å². The molecule has 1 fully saturated rings. The topological polar surface area (TPSA) is 72.6 Å². The number of nitrogen functional groups attached to an aromatic ring is 1. The Labute approximate surface area is 99.0 Å². The molecule has 5 nitrogen and oxygen atoms in total. The summed E-state index contributed by atoms with van der Waals surface area (Å²) >= 11 is 0. The van der Waals surface area contributed by atoms with Crippen LogP contribution in [0.2, 0.25) is 0 Å². The number of nitrogens with zero attached hydrogens (tertiary/aromatic N) is 1. The fourth-order valence-corrected chi connectivity index (χ4v) is 2.95. The third-order valence-corrected chi connectivity index (χ3v) is 4.36. The van der Waals surface area contributed by atoms with Crippen LogP contribution in [-0.2, 0) is 14.8 Å². The van der Waals surface area contributed by atoms with E-state index in [1.54, 1.807) is 0 Å². The first-order chi connectivity index (χ1) is 8.01. The van der Waals surface area contributed by atoms with Gasteiger partial charge in [0.2, 0.25) is 10.0 Å². The molecule has 1 aromatic rings. The van der Waals surface area contributed by atoms with Crippen molar-refractivity contribution in [3.05, 3.63) is 24.0 Å². The van der Waals surface area contributed by atoms with Crippen molar-refractivity contribution >= 4 is 15.7 Å². The highest BCUT2D eigenvalue weighted by molar-refractivity contribution is 7.89. The van der Waals surface area contributed by atoms with Gasteiger partial charge >= 0.3 is 0 Å². The average Bonchev–Trinajstić information content (AvgIpc) is 2.33. The van der Waals surface area contributed by atoms with E-state index in [0.717, 1.165) is 6.07 Å². The zero-order valence-corrected chi connectivity index (χ0v) is 9.91. The van der Waals surface area contributed by atoms with Gasteiger partial charge in [-0.05, 0) is 24.6 Å². The Morgan fingerprint density at radius 3 is 2.76 bits per heavy atom. The predicted molar refractivity (Wildman–Crippen MR) is 60.1 cm³/mol. The van der Waals surface area contributed by atoms with Gasteiger partial charge in [0, 0.05) is 13.2 Å². The average molecular weight is 260 g/mol. The van der Waals surface area contributed by atoms with E-state index in [4.69, 9.17) is 10.5 Å². The van der Waals surface area contributed by atoms with Crippen molar-refractivity contribution in [3.8, 4) is 0 Å². The summed E-state index contributed by atoms with van der Waals surface area (Å²) in [6.07, 6.45) is 0.636. The van der Waals surface area contributed by atoms with Crippen LogP contribution in [-0.4, -0.2) is 32.6 Å². The highest BCUT2D eigenvalue weighted by Gasteiger charge is 2.26. The number of rotatable bonds is 2. The van der Waals surface area contributed by atoms with Gasteiger partial charge in [0.25, 0.3) is 0 Å². The quantitative estimate of drug-likeness (QED) is 0.797. The molecule has 0 atom stereocenters. The zero-order valence-electron chi connectivity index (χ0n) is 9.10. The second-order valence-electron chi connectivity index (χ2n) is 3.75. The number of hydrogen-bond donors (Lipinski definition) is 1. The van der Waals surface area contributed by atoms with Crippen LogP contribution in [0, 0.1) is 5.82 Å². The summed E-state index contributed by atoms with van der Waals surface area (Å²) in [6.45, 7) is 0.935. The van der Waals surface area contributed by atoms with Crippen molar-refractivity contribution in [3.63, 3.8) is 0 Å². The number of sulfonamides is 1. The fourth-order valence-electron chi connectivity index (χ4n) is 1.58. The summed E-state index contributed by atoms with van der Waals surface area (Å²) in [6, 6.07) is 3.47. The molecule has 1 aliphatic heterocycles. The maximum absolute atomic E-state index is 13.2. The molecule has 7 heteroatoms. The van der Waals surface area contributed by atoms with Crippen molar-refractivity contribution in [2.45, 2.75) is 11.3 Å². The summed E-state index contributed by atoms with van der Waals surface area (Å²) in [7, 11) is -3.69. The van der Waals surface area contributed by atoms with Crippen LogP contribution in [0.5, 0.6) is 0 Å². The molecule has 0 aromatic heterocycles. The first-order valence-corrected chi connectivity index (χ1v) is 6.59. The standard InChI is InChI=1S/C10H13FN2O3S/c11-9-6-8(2-3-10(9)12)17(14,15)13-4-1-5-16-7-13/h2-3,6H,1,4-5,7,12H2. The third-order valence-electron chi connectivity index (χ3n) is 2.54. The molecule has 1 aromatic carbocycles.